The van der Waals surface area contributed by atoms with E-state index < -0.39 is 0 Å². The lowest BCUT2D eigenvalue weighted by molar-refractivity contribution is -0.115. The SMILES string of the molecule is CNCCCC(=O)C1=CCCC/C=C(\n2c(=O)n(CC3CCC(NC(=O)c4cc(Cl)cnc4C)CC3)c3ccccc32)C=C1. The first-order valence-corrected chi connectivity index (χ1v) is 16.1. The third kappa shape index (κ3) is 7.48. The van der Waals surface area contributed by atoms with Crippen LogP contribution < -0.4 is 16.3 Å². The number of carbonyl (C=O) groups excluding carboxylic acids is 2. The zero-order chi connectivity index (χ0) is 31.1. The van der Waals surface area contributed by atoms with E-state index in [2.05, 4.69) is 21.7 Å². The van der Waals surface area contributed by atoms with Crippen molar-refractivity contribution in [2.24, 2.45) is 5.92 Å². The Kier molecular flexibility index (Phi) is 10.7. The Hall–Kier alpha value is -3.75. The van der Waals surface area contributed by atoms with Crippen molar-refractivity contribution in [3.63, 3.8) is 0 Å². The smallest absolute Gasteiger partial charge is 0.333 e. The van der Waals surface area contributed by atoms with Gasteiger partial charge in [0.1, 0.15) is 0 Å². The molecule has 0 radical (unpaired) electrons. The lowest BCUT2D eigenvalue weighted by Gasteiger charge is -2.29. The molecule has 8 nitrogen and oxygen atoms in total. The van der Waals surface area contributed by atoms with E-state index in [1.54, 1.807) is 16.8 Å². The fraction of sp³-hybridized carbons (Fsp3) is 0.429. The Bertz CT molecular complexity index is 1660. The van der Waals surface area contributed by atoms with Crippen molar-refractivity contribution in [3.05, 3.63) is 93.2 Å². The van der Waals surface area contributed by atoms with Gasteiger partial charge in [0.05, 0.1) is 27.3 Å². The number of aromatic nitrogens is 3. The fourth-order valence-electron chi connectivity index (χ4n) is 6.26. The molecule has 2 aromatic heterocycles. The van der Waals surface area contributed by atoms with Crippen molar-refractivity contribution in [2.75, 3.05) is 13.6 Å². The van der Waals surface area contributed by atoms with E-state index in [-0.39, 0.29) is 23.4 Å². The van der Waals surface area contributed by atoms with Gasteiger partial charge in [-0.3, -0.25) is 23.7 Å². The minimum absolute atomic E-state index is 0.0634. The molecule has 0 spiro atoms. The van der Waals surface area contributed by atoms with Crippen molar-refractivity contribution in [1.82, 2.24) is 24.8 Å². The molecule has 2 aliphatic carbocycles. The van der Waals surface area contributed by atoms with Crippen molar-refractivity contribution >= 4 is 40.0 Å². The molecular weight excluding hydrogens is 574 g/mol. The molecule has 0 bridgehead atoms. The van der Waals surface area contributed by atoms with E-state index in [1.807, 2.05) is 61.0 Å². The second kappa shape index (κ2) is 14.8. The van der Waals surface area contributed by atoms with Crippen LogP contribution in [0.1, 0.15) is 73.8 Å². The van der Waals surface area contributed by atoms with Gasteiger partial charge in [-0.2, -0.15) is 0 Å². The summed E-state index contributed by atoms with van der Waals surface area (Å²) in [4.78, 5) is 44.1. The Balaban J connectivity index is 1.31. The van der Waals surface area contributed by atoms with Gasteiger partial charge in [-0.25, -0.2) is 4.79 Å². The molecule has 2 aliphatic rings. The van der Waals surface area contributed by atoms with E-state index in [9.17, 15) is 14.4 Å². The van der Waals surface area contributed by atoms with Crippen LogP contribution in [-0.2, 0) is 11.3 Å². The molecule has 3 aromatic rings. The minimum atomic E-state index is -0.144. The number of allylic oxidation sites excluding steroid dienone is 6. The number of rotatable bonds is 10. The summed E-state index contributed by atoms with van der Waals surface area (Å²) in [6.07, 6.45) is 16.9. The lowest BCUT2D eigenvalue weighted by atomic mass is 9.85. The molecule has 1 aromatic carbocycles. The van der Waals surface area contributed by atoms with E-state index in [1.165, 1.54) is 0 Å². The number of hydrogen-bond donors (Lipinski definition) is 2. The van der Waals surface area contributed by atoms with Crippen LogP contribution in [0.4, 0.5) is 0 Å². The number of halogens is 1. The predicted octanol–water partition coefficient (Wildman–Crippen LogP) is 6.22. The topological polar surface area (TPSA) is 98.0 Å². The average molecular weight is 616 g/mol. The first-order valence-electron chi connectivity index (χ1n) is 15.8. The molecule has 1 amide bonds. The van der Waals surface area contributed by atoms with Gasteiger partial charge in [0.15, 0.2) is 5.78 Å². The summed E-state index contributed by atoms with van der Waals surface area (Å²) >= 11 is 6.07. The van der Waals surface area contributed by atoms with Crippen LogP contribution in [0.3, 0.4) is 0 Å². The Morgan fingerprint density at radius 2 is 1.80 bits per heavy atom. The number of carbonyl (C=O) groups is 2. The minimum Gasteiger partial charge on any atom is -0.349 e. The number of fused-ring (bicyclic) bond motifs is 1. The number of hydrogen-bond acceptors (Lipinski definition) is 5. The van der Waals surface area contributed by atoms with Crippen LogP contribution in [0.5, 0.6) is 0 Å². The fourth-order valence-corrected chi connectivity index (χ4v) is 6.42. The summed E-state index contributed by atoms with van der Waals surface area (Å²) in [6.45, 7) is 3.23. The Labute approximate surface area is 263 Å². The number of nitrogens with one attached hydrogen (secondary N) is 2. The van der Waals surface area contributed by atoms with Gasteiger partial charge in [0, 0.05) is 36.5 Å². The number of imidazole rings is 1. The number of para-hydroxylation sites is 2. The monoisotopic (exact) mass is 615 g/mol. The third-order valence-electron chi connectivity index (χ3n) is 8.73. The molecule has 44 heavy (non-hydrogen) atoms. The van der Waals surface area contributed by atoms with Crippen LogP contribution in [0.25, 0.3) is 16.7 Å². The lowest BCUT2D eigenvalue weighted by Crippen LogP contribution is -2.39. The van der Waals surface area contributed by atoms with E-state index in [0.717, 1.165) is 80.2 Å². The maximum atomic E-state index is 14.1. The van der Waals surface area contributed by atoms with Crippen LogP contribution in [0.2, 0.25) is 5.02 Å². The first kappa shape index (κ1) is 31.7. The number of pyridine rings is 1. The normalized spacial score (nSPS) is 20.2. The van der Waals surface area contributed by atoms with Gasteiger partial charge in [0.2, 0.25) is 0 Å². The molecule has 2 N–H and O–H groups in total. The molecule has 0 atom stereocenters. The molecule has 1 fully saturated rings. The van der Waals surface area contributed by atoms with Gasteiger partial charge in [-0.15, -0.1) is 0 Å². The maximum Gasteiger partial charge on any atom is 0.333 e. The summed E-state index contributed by atoms with van der Waals surface area (Å²) in [7, 11) is 1.89. The summed E-state index contributed by atoms with van der Waals surface area (Å²) in [5.41, 5.74) is 4.40. The van der Waals surface area contributed by atoms with E-state index in [4.69, 9.17) is 11.6 Å². The van der Waals surface area contributed by atoms with Crippen molar-refractivity contribution in [3.8, 4) is 0 Å². The quantitative estimate of drug-likeness (QED) is 0.264. The highest BCUT2D eigenvalue weighted by molar-refractivity contribution is 6.30. The van der Waals surface area contributed by atoms with Gasteiger partial charge in [-0.05, 0) is 108 Å². The van der Waals surface area contributed by atoms with Crippen LogP contribution in [-0.4, -0.2) is 45.4 Å². The molecule has 5 rings (SSSR count). The average Bonchev–Trinajstić information content (AvgIpc) is 3.36. The van der Waals surface area contributed by atoms with Crippen LogP contribution >= 0.6 is 11.6 Å². The van der Waals surface area contributed by atoms with Gasteiger partial charge >= 0.3 is 5.69 Å². The summed E-state index contributed by atoms with van der Waals surface area (Å²) < 4.78 is 3.70. The zero-order valence-electron chi connectivity index (χ0n) is 25.7. The Morgan fingerprint density at radius 3 is 2.57 bits per heavy atom. The number of ketones is 1. The molecule has 9 heteroatoms. The van der Waals surface area contributed by atoms with E-state index >= 15 is 0 Å². The largest absolute Gasteiger partial charge is 0.349 e. The number of benzene rings is 1. The number of Topliss-reactive ketones (excluding diaryl/α,β-unsaturated/α-hetero) is 1. The first-order chi connectivity index (χ1) is 21.4. The second-order valence-electron chi connectivity index (χ2n) is 11.9. The van der Waals surface area contributed by atoms with Crippen LogP contribution in [0.15, 0.2) is 71.2 Å². The molecule has 0 aliphatic heterocycles. The van der Waals surface area contributed by atoms with Gasteiger partial charge < -0.3 is 10.6 Å². The molecule has 232 valence electrons. The van der Waals surface area contributed by atoms with Crippen LogP contribution in [0, 0.1) is 12.8 Å². The molecule has 1 saturated carbocycles. The highest BCUT2D eigenvalue weighted by atomic mass is 35.5. The van der Waals surface area contributed by atoms with Crippen molar-refractivity contribution < 1.29 is 9.59 Å². The summed E-state index contributed by atoms with van der Waals surface area (Å²) in [6, 6.07) is 9.68. The summed E-state index contributed by atoms with van der Waals surface area (Å²) in [5.74, 6) is 0.317. The van der Waals surface area contributed by atoms with Gasteiger partial charge in [0.25, 0.3) is 5.91 Å². The van der Waals surface area contributed by atoms with Crippen molar-refractivity contribution in [1.29, 1.82) is 0 Å². The predicted molar refractivity (Wildman–Crippen MR) is 177 cm³/mol. The molecular formula is C35H42ClN5O3. The molecule has 0 saturated heterocycles. The Morgan fingerprint density at radius 1 is 1.05 bits per heavy atom. The zero-order valence-corrected chi connectivity index (χ0v) is 26.4. The van der Waals surface area contributed by atoms with Gasteiger partial charge in [-0.1, -0.05) is 35.9 Å². The maximum absolute atomic E-state index is 14.1. The highest BCUT2D eigenvalue weighted by Gasteiger charge is 2.26. The molecule has 2 heterocycles. The highest BCUT2D eigenvalue weighted by Crippen LogP contribution is 2.28. The number of amides is 1. The number of aryl methyl sites for hydroxylation is 1. The third-order valence-corrected chi connectivity index (χ3v) is 8.93. The standard InChI is InChI=1S/C35H42ClN5O3/c1-24-30(21-27(36)22-38-24)34(43)39-28-17-14-25(15-18-28)23-40-31-11-6-7-12-32(31)41(35(40)44)29-10-5-3-4-9-26(16-19-29)33(42)13-8-20-37-2/h6-7,9-12,16,19,21-22,25,28,37H,3-5,8,13-15,17-18,20,23H2,1-2H3,(H,39,43)/b19-16?,26-9?,29-10-. The second-order valence-corrected chi connectivity index (χ2v) is 12.3. The molecule has 0 unspecified atom stereocenters. The van der Waals surface area contributed by atoms with E-state index in [0.29, 0.717) is 35.2 Å². The summed E-state index contributed by atoms with van der Waals surface area (Å²) in [5, 5.41) is 6.70. The number of nitrogens with zero attached hydrogens (tertiary/aromatic N) is 3. The van der Waals surface area contributed by atoms with Crippen molar-refractivity contribution in [2.45, 2.75) is 77.3 Å².